The van der Waals surface area contributed by atoms with Crippen LogP contribution in [0.25, 0.3) is 0 Å². The van der Waals surface area contributed by atoms with Crippen LogP contribution in [0.1, 0.15) is 27.1 Å². The largest absolute Gasteiger partial charge is 0.294 e. The van der Waals surface area contributed by atoms with Crippen LogP contribution in [0.2, 0.25) is 0 Å². The Labute approximate surface area is 124 Å². The fourth-order valence-electron chi connectivity index (χ4n) is 1.73. The highest BCUT2D eigenvalue weighted by atomic mass is 19.1. The molecule has 0 atom stereocenters. The first-order valence-corrected chi connectivity index (χ1v) is 6.34. The number of carbonyl (C=O) groups excluding carboxylic acids is 3. The SMILES string of the molecule is O=C(CC(=O)c1ccc(F)cc1)NC(=O)c1ccc(F)cc1. The molecule has 0 unspecified atom stereocenters. The van der Waals surface area contributed by atoms with Crippen LogP contribution >= 0.6 is 0 Å². The number of nitrogens with one attached hydrogen (secondary N) is 1. The first-order chi connectivity index (χ1) is 10.5. The zero-order valence-electron chi connectivity index (χ0n) is 11.3. The maximum absolute atomic E-state index is 12.7. The molecule has 0 aliphatic heterocycles. The minimum Gasteiger partial charge on any atom is -0.294 e. The van der Waals surface area contributed by atoms with E-state index in [0.29, 0.717) is 0 Å². The summed E-state index contributed by atoms with van der Waals surface area (Å²) in [6.07, 6.45) is -0.543. The number of rotatable bonds is 4. The Morgan fingerprint density at radius 3 is 1.73 bits per heavy atom. The number of halogens is 2. The molecule has 4 nitrogen and oxygen atoms in total. The highest BCUT2D eigenvalue weighted by Crippen LogP contribution is 2.06. The normalized spacial score (nSPS) is 10.1. The predicted molar refractivity (Wildman–Crippen MR) is 74.2 cm³/mol. The van der Waals surface area contributed by atoms with Gasteiger partial charge in [0.05, 0.1) is 6.42 Å². The van der Waals surface area contributed by atoms with E-state index in [0.717, 1.165) is 24.3 Å². The average Bonchev–Trinajstić information content (AvgIpc) is 2.48. The Balaban J connectivity index is 1.95. The lowest BCUT2D eigenvalue weighted by Gasteiger charge is -2.04. The molecule has 0 fully saturated rings. The van der Waals surface area contributed by atoms with E-state index < -0.39 is 35.7 Å². The molecule has 0 aromatic heterocycles. The van der Waals surface area contributed by atoms with E-state index >= 15 is 0 Å². The molecular formula is C16H11F2NO3. The molecule has 0 radical (unpaired) electrons. The van der Waals surface area contributed by atoms with Crippen molar-refractivity contribution in [2.75, 3.05) is 0 Å². The Kier molecular flexibility index (Phi) is 4.73. The van der Waals surface area contributed by atoms with Crippen molar-refractivity contribution in [3.05, 3.63) is 71.3 Å². The third-order valence-electron chi connectivity index (χ3n) is 2.85. The molecule has 0 saturated heterocycles. The number of imide groups is 1. The number of hydrogen-bond donors (Lipinski definition) is 1. The quantitative estimate of drug-likeness (QED) is 0.697. The molecule has 22 heavy (non-hydrogen) atoms. The minimum absolute atomic E-state index is 0.101. The fourth-order valence-corrected chi connectivity index (χ4v) is 1.73. The van der Waals surface area contributed by atoms with Crippen LogP contribution < -0.4 is 5.32 Å². The van der Waals surface area contributed by atoms with Gasteiger partial charge < -0.3 is 0 Å². The van der Waals surface area contributed by atoms with E-state index in [4.69, 9.17) is 0 Å². The molecule has 0 bridgehead atoms. The lowest BCUT2D eigenvalue weighted by molar-refractivity contribution is -0.119. The fraction of sp³-hybridized carbons (Fsp3) is 0.0625. The third kappa shape index (κ3) is 4.05. The Morgan fingerprint density at radius 1 is 0.773 bits per heavy atom. The van der Waals surface area contributed by atoms with Gasteiger partial charge in [0.15, 0.2) is 5.78 Å². The van der Waals surface area contributed by atoms with Crippen molar-refractivity contribution in [3.8, 4) is 0 Å². The minimum atomic E-state index is -0.788. The van der Waals surface area contributed by atoms with Crippen molar-refractivity contribution in [1.82, 2.24) is 5.32 Å². The molecule has 0 aliphatic carbocycles. The van der Waals surface area contributed by atoms with Gasteiger partial charge in [0.1, 0.15) is 11.6 Å². The molecule has 2 aromatic rings. The van der Waals surface area contributed by atoms with Gasteiger partial charge >= 0.3 is 0 Å². The molecule has 0 aliphatic rings. The van der Waals surface area contributed by atoms with Gasteiger partial charge in [-0.05, 0) is 48.5 Å². The molecule has 0 spiro atoms. The number of hydrogen-bond acceptors (Lipinski definition) is 3. The number of carbonyl (C=O) groups is 3. The van der Waals surface area contributed by atoms with E-state index in [1.54, 1.807) is 0 Å². The summed E-state index contributed by atoms with van der Waals surface area (Å²) in [6.45, 7) is 0. The summed E-state index contributed by atoms with van der Waals surface area (Å²) < 4.78 is 25.5. The maximum Gasteiger partial charge on any atom is 0.257 e. The smallest absolute Gasteiger partial charge is 0.257 e. The zero-order chi connectivity index (χ0) is 16.1. The van der Waals surface area contributed by atoms with Crippen molar-refractivity contribution in [3.63, 3.8) is 0 Å². The summed E-state index contributed by atoms with van der Waals surface area (Å²) in [5.74, 6) is -3.05. The molecule has 6 heteroatoms. The van der Waals surface area contributed by atoms with E-state index in [1.807, 2.05) is 5.32 Å². The zero-order valence-corrected chi connectivity index (χ0v) is 11.3. The van der Waals surface area contributed by atoms with Gasteiger partial charge in [-0.1, -0.05) is 0 Å². The molecular weight excluding hydrogens is 292 g/mol. The first kappa shape index (κ1) is 15.5. The van der Waals surface area contributed by atoms with Crippen molar-refractivity contribution >= 4 is 17.6 Å². The third-order valence-corrected chi connectivity index (χ3v) is 2.85. The van der Waals surface area contributed by atoms with Crippen LogP contribution in [0.4, 0.5) is 8.78 Å². The van der Waals surface area contributed by atoms with Crippen LogP contribution in [0.5, 0.6) is 0 Å². The average molecular weight is 303 g/mol. The van der Waals surface area contributed by atoms with E-state index in [1.165, 1.54) is 24.3 Å². The summed E-state index contributed by atoms with van der Waals surface area (Å²) in [5, 5.41) is 2.03. The maximum atomic E-state index is 12.7. The molecule has 0 heterocycles. The number of benzene rings is 2. The monoisotopic (exact) mass is 303 g/mol. The molecule has 2 aromatic carbocycles. The topological polar surface area (TPSA) is 63.2 Å². The summed E-state index contributed by atoms with van der Waals surface area (Å²) in [6, 6.07) is 9.34. The first-order valence-electron chi connectivity index (χ1n) is 6.34. The highest BCUT2D eigenvalue weighted by molar-refractivity contribution is 6.13. The molecule has 2 amide bonds. The second-order valence-electron chi connectivity index (χ2n) is 4.49. The van der Waals surface area contributed by atoms with Crippen molar-refractivity contribution in [2.45, 2.75) is 6.42 Å². The van der Waals surface area contributed by atoms with Crippen LogP contribution in [-0.4, -0.2) is 17.6 Å². The van der Waals surface area contributed by atoms with Crippen LogP contribution in [-0.2, 0) is 4.79 Å². The summed E-state index contributed by atoms with van der Waals surface area (Å²) in [5.41, 5.74) is 0.273. The lowest BCUT2D eigenvalue weighted by atomic mass is 10.1. The highest BCUT2D eigenvalue weighted by Gasteiger charge is 2.15. The second kappa shape index (κ2) is 6.71. The standard InChI is InChI=1S/C16H11F2NO3/c17-12-5-1-10(2-6-12)14(20)9-15(21)19-16(22)11-3-7-13(18)8-4-11/h1-8H,9H2,(H,19,21,22). The predicted octanol–water partition coefficient (Wildman–Crippen LogP) is 2.49. The van der Waals surface area contributed by atoms with E-state index in [-0.39, 0.29) is 11.1 Å². The number of Topliss-reactive ketones (excluding diaryl/α,β-unsaturated/α-hetero) is 1. The number of ketones is 1. The van der Waals surface area contributed by atoms with Crippen molar-refractivity contribution < 1.29 is 23.2 Å². The second-order valence-corrected chi connectivity index (χ2v) is 4.49. The van der Waals surface area contributed by atoms with Crippen molar-refractivity contribution in [1.29, 1.82) is 0 Å². The van der Waals surface area contributed by atoms with Crippen molar-refractivity contribution in [2.24, 2.45) is 0 Å². The van der Waals surface area contributed by atoms with Crippen LogP contribution in [0.3, 0.4) is 0 Å². The Morgan fingerprint density at radius 2 is 1.23 bits per heavy atom. The summed E-state index contributed by atoms with van der Waals surface area (Å²) in [4.78, 5) is 35.1. The molecule has 112 valence electrons. The van der Waals surface area contributed by atoms with E-state index in [2.05, 4.69) is 0 Å². The van der Waals surface area contributed by atoms with Gasteiger partial charge in [-0.3, -0.25) is 19.7 Å². The lowest BCUT2D eigenvalue weighted by Crippen LogP contribution is -2.31. The molecule has 2 rings (SSSR count). The summed E-state index contributed by atoms with van der Waals surface area (Å²) >= 11 is 0. The summed E-state index contributed by atoms with van der Waals surface area (Å²) in [7, 11) is 0. The van der Waals surface area contributed by atoms with Gasteiger partial charge in [0.2, 0.25) is 5.91 Å². The van der Waals surface area contributed by atoms with Gasteiger partial charge in [-0.25, -0.2) is 8.78 Å². The van der Waals surface area contributed by atoms with E-state index in [9.17, 15) is 23.2 Å². The Hall–Kier alpha value is -2.89. The van der Waals surface area contributed by atoms with Gasteiger partial charge in [0.25, 0.3) is 5.91 Å². The molecule has 1 N–H and O–H groups in total. The Bertz CT molecular complexity index is 648. The number of amides is 2. The van der Waals surface area contributed by atoms with Crippen LogP contribution in [0, 0.1) is 11.6 Å². The van der Waals surface area contributed by atoms with Crippen LogP contribution in [0.15, 0.2) is 48.5 Å². The van der Waals surface area contributed by atoms with Gasteiger partial charge in [-0.15, -0.1) is 0 Å². The van der Waals surface area contributed by atoms with Gasteiger partial charge in [-0.2, -0.15) is 0 Å². The molecule has 0 saturated carbocycles. The van der Waals surface area contributed by atoms with Gasteiger partial charge in [0, 0.05) is 11.1 Å².